The molecule has 2 N–H and O–H groups in total. The number of nitrogens with zero attached hydrogens (tertiary/aromatic N) is 2. The number of urea groups is 1. The van der Waals surface area contributed by atoms with Gasteiger partial charge in [-0.2, -0.15) is 0 Å². The lowest BCUT2D eigenvalue weighted by molar-refractivity contribution is 0.0627. The van der Waals surface area contributed by atoms with E-state index in [1.165, 1.54) is 12.1 Å². The third kappa shape index (κ3) is 4.36. The molecule has 1 aliphatic heterocycles. The lowest BCUT2D eigenvalue weighted by Gasteiger charge is -2.34. The van der Waals surface area contributed by atoms with Gasteiger partial charge in [0.1, 0.15) is 0 Å². The first kappa shape index (κ1) is 18.7. The fraction of sp³-hybridized carbons (Fsp3) is 0.625. The molecule has 2 fully saturated rings. The Balaban J connectivity index is 1.58. The Morgan fingerprint density at radius 1 is 1.12 bits per heavy atom. The molecule has 3 rings (SSSR count). The largest absolute Gasteiger partial charge is 0.438 e. The van der Waals surface area contributed by atoms with Gasteiger partial charge in [-0.1, -0.05) is 0 Å². The number of furan rings is 1. The first-order valence-corrected chi connectivity index (χ1v) is 10.2. The minimum absolute atomic E-state index is 0.0127. The molecule has 1 aliphatic carbocycles. The summed E-state index contributed by atoms with van der Waals surface area (Å²) in [5, 5.41) is 2.57. The Morgan fingerprint density at radius 3 is 2.31 bits per heavy atom. The number of amides is 3. The van der Waals surface area contributed by atoms with Crippen LogP contribution in [0, 0.1) is 0 Å². The minimum Gasteiger partial charge on any atom is -0.438 e. The molecule has 1 saturated carbocycles. The number of piperazine rings is 1. The smallest absolute Gasteiger partial charge is 0.317 e. The van der Waals surface area contributed by atoms with Gasteiger partial charge in [-0.05, 0) is 38.8 Å². The number of carbonyl (C=O) groups is 2. The number of hydrogen-bond donors (Lipinski definition) is 2. The van der Waals surface area contributed by atoms with Crippen LogP contribution >= 0.6 is 0 Å². The van der Waals surface area contributed by atoms with Crippen LogP contribution < -0.4 is 10.0 Å². The molecule has 144 valence electrons. The van der Waals surface area contributed by atoms with Gasteiger partial charge in [0.15, 0.2) is 5.76 Å². The van der Waals surface area contributed by atoms with Crippen molar-refractivity contribution in [2.45, 2.75) is 43.9 Å². The van der Waals surface area contributed by atoms with Crippen molar-refractivity contribution < 1.29 is 22.4 Å². The van der Waals surface area contributed by atoms with Crippen molar-refractivity contribution in [2.75, 3.05) is 26.2 Å². The molecule has 2 aliphatic rings. The zero-order valence-corrected chi connectivity index (χ0v) is 15.7. The van der Waals surface area contributed by atoms with Crippen LogP contribution in [0.5, 0.6) is 0 Å². The maximum atomic E-state index is 12.5. The van der Waals surface area contributed by atoms with Crippen LogP contribution in [0.2, 0.25) is 0 Å². The topological polar surface area (TPSA) is 112 Å². The quantitative estimate of drug-likeness (QED) is 0.772. The van der Waals surface area contributed by atoms with E-state index < -0.39 is 10.0 Å². The van der Waals surface area contributed by atoms with Crippen molar-refractivity contribution >= 4 is 22.0 Å². The highest BCUT2D eigenvalue weighted by atomic mass is 32.2. The second-order valence-electron chi connectivity index (χ2n) is 6.90. The third-order valence-electron chi connectivity index (χ3n) is 4.22. The molecule has 2 heterocycles. The van der Waals surface area contributed by atoms with Gasteiger partial charge >= 0.3 is 6.03 Å². The van der Waals surface area contributed by atoms with E-state index in [1.807, 2.05) is 13.8 Å². The highest BCUT2D eigenvalue weighted by molar-refractivity contribution is 7.89. The molecular weight excluding hydrogens is 360 g/mol. The zero-order valence-electron chi connectivity index (χ0n) is 14.9. The SMILES string of the molecule is CC(C)NC(=O)N1CCN(C(=O)c2ccc(S(=O)(=O)NC3CC3)o2)CC1. The van der Waals surface area contributed by atoms with Crippen LogP contribution in [0.15, 0.2) is 21.6 Å². The molecule has 0 unspecified atom stereocenters. The summed E-state index contributed by atoms with van der Waals surface area (Å²) < 4.78 is 32.0. The van der Waals surface area contributed by atoms with Crippen molar-refractivity contribution in [1.82, 2.24) is 19.8 Å². The first-order chi connectivity index (χ1) is 12.3. The van der Waals surface area contributed by atoms with Gasteiger partial charge in [-0.25, -0.2) is 17.9 Å². The van der Waals surface area contributed by atoms with E-state index in [4.69, 9.17) is 4.42 Å². The van der Waals surface area contributed by atoms with Crippen LogP contribution in [0.4, 0.5) is 4.79 Å². The van der Waals surface area contributed by atoms with Gasteiger partial charge in [0.2, 0.25) is 5.09 Å². The van der Waals surface area contributed by atoms with Crippen LogP contribution in [0.1, 0.15) is 37.2 Å². The lowest BCUT2D eigenvalue weighted by Crippen LogP contribution is -2.54. The highest BCUT2D eigenvalue weighted by Gasteiger charge is 2.31. The van der Waals surface area contributed by atoms with E-state index in [2.05, 4.69) is 10.0 Å². The van der Waals surface area contributed by atoms with Gasteiger partial charge in [-0.3, -0.25) is 4.79 Å². The summed E-state index contributed by atoms with van der Waals surface area (Å²) in [4.78, 5) is 27.7. The maximum absolute atomic E-state index is 12.5. The van der Waals surface area contributed by atoms with E-state index >= 15 is 0 Å². The van der Waals surface area contributed by atoms with Crippen molar-refractivity contribution in [1.29, 1.82) is 0 Å². The Labute approximate surface area is 152 Å². The molecule has 1 saturated heterocycles. The van der Waals surface area contributed by atoms with Crippen LogP contribution in [0.3, 0.4) is 0 Å². The van der Waals surface area contributed by atoms with Gasteiger partial charge in [0.25, 0.3) is 15.9 Å². The monoisotopic (exact) mass is 384 g/mol. The van der Waals surface area contributed by atoms with E-state index in [0.29, 0.717) is 26.2 Å². The molecule has 10 heteroatoms. The standard InChI is InChI=1S/C16H24N4O5S/c1-11(2)17-16(22)20-9-7-19(8-10-20)15(21)13-5-6-14(25-13)26(23,24)18-12-3-4-12/h5-6,11-12,18H,3-4,7-10H2,1-2H3,(H,17,22). The van der Waals surface area contributed by atoms with Crippen molar-refractivity contribution in [3.8, 4) is 0 Å². The summed E-state index contributed by atoms with van der Waals surface area (Å²) in [6.07, 6.45) is 1.64. The average Bonchev–Trinajstić information content (AvgIpc) is 3.23. The minimum atomic E-state index is -3.72. The summed E-state index contributed by atoms with van der Waals surface area (Å²) in [6, 6.07) is 2.54. The second kappa shape index (κ2) is 7.28. The Kier molecular flexibility index (Phi) is 5.24. The third-order valence-corrected chi connectivity index (χ3v) is 5.62. The summed E-state index contributed by atoms with van der Waals surface area (Å²) in [6.45, 7) is 5.34. The first-order valence-electron chi connectivity index (χ1n) is 8.73. The molecule has 1 aromatic rings. The predicted octanol–water partition coefficient (Wildman–Crippen LogP) is 0.596. The number of hydrogen-bond acceptors (Lipinski definition) is 5. The number of carbonyl (C=O) groups excluding carboxylic acids is 2. The van der Waals surface area contributed by atoms with Gasteiger partial charge in [0.05, 0.1) is 0 Å². The Morgan fingerprint density at radius 2 is 1.73 bits per heavy atom. The molecule has 1 aromatic heterocycles. The van der Waals surface area contributed by atoms with Crippen LogP contribution in [0.25, 0.3) is 0 Å². The molecule has 0 aromatic carbocycles. The van der Waals surface area contributed by atoms with Crippen molar-refractivity contribution in [2.24, 2.45) is 0 Å². The molecule has 0 atom stereocenters. The molecule has 0 spiro atoms. The van der Waals surface area contributed by atoms with Crippen LogP contribution in [-0.4, -0.2) is 68.4 Å². The van der Waals surface area contributed by atoms with E-state index in [1.54, 1.807) is 9.80 Å². The Bertz CT molecular complexity index is 776. The summed E-state index contributed by atoms with van der Waals surface area (Å²) in [5.74, 6) is -0.386. The number of nitrogens with one attached hydrogen (secondary N) is 2. The Hall–Kier alpha value is -2.07. The summed E-state index contributed by atoms with van der Waals surface area (Å²) in [5.41, 5.74) is 0. The van der Waals surface area contributed by atoms with Gasteiger partial charge in [-0.15, -0.1) is 0 Å². The average molecular weight is 384 g/mol. The van der Waals surface area contributed by atoms with Crippen molar-refractivity contribution in [3.63, 3.8) is 0 Å². The molecular formula is C16H24N4O5S. The predicted molar refractivity (Wildman–Crippen MR) is 93.2 cm³/mol. The lowest BCUT2D eigenvalue weighted by atomic mass is 10.3. The molecule has 0 bridgehead atoms. The number of rotatable bonds is 5. The van der Waals surface area contributed by atoms with E-state index in [9.17, 15) is 18.0 Å². The van der Waals surface area contributed by atoms with Gasteiger partial charge in [0, 0.05) is 38.3 Å². The number of sulfonamides is 1. The summed E-state index contributed by atoms with van der Waals surface area (Å²) >= 11 is 0. The molecule has 9 nitrogen and oxygen atoms in total. The van der Waals surface area contributed by atoms with Gasteiger partial charge < -0.3 is 19.5 Å². The molecule has 0 radical (unpaired) electrons. The molecule has 26 heavy (non-hydrogen) atoms. The second-order valence-corrected chi connectivity index (χ2v) is 8.54. The van der Waals surface area contributed by atoms with Crippen molar-refractivity contribution in [3.05, 3.63) is 17.9 Å². The zero-order chi connectivity index (χ0) is 18.9. The summed E-state index contributed by atoms with van der Waals surface area (Å²) in [7, 11) is -3.72. The fourth-order valence-electron chi connectivity index (χ4n) is 2.66. The highest BCUT2D eigenvalue weighted by Crippen LogP contribution is 2.23. The molecule has 3 amide bonds. The maximum Gasteiger partial charge on any atom is 0.317 e. The fourth-order valence-corrected chi connectivity index (χ4v) is 3.90. The van der Waals surface area contributed by atoms with E-state index in [-0.39, 0.29) is 34.9 Å². The van der Waals surface area contributed by atoms with Crippen LogP contribution in [-0.2, 0) is 10.0 Å². The van der Waals surface area contributed by atoms with E-state index in [0.717, 1.165) is 12.8 Å². The normalized spacial score (nSPS) is 18.3.